The van der Waals surface area contributed by atoms with Gasteiger partial charge in [-0.25, -0.2) is 8.78 Å². The lowest BCUT2D eigenvalue weighted by Gasteiger charge is -2.30. The molecule has 5 nitrogen and oxygen atoms in total. The van der Waals surface area contributed by atoms with E-state index in [1.165, 1.54) is 6.07 Å². The number of carbonyl (C=O) groups is 2. The van der Waals surface area contributed by atoms with Crippen molar-refractivity contribution in [3.8, 4) is 0 Å². The van der Waals surface area contributed by atoms with Crippen LogP contribution in [-0.2, 0) is 16.0 Å². The van der Waals surface area contributed by atoms with E-state index in [2.05, 4.69) is 6.92 Å². The van der Waals surface area contributed by atoms with Crippen LogP contribution in [0, 0.1) is 24.5 Å². The van der Waals surface area contributed by atoms with E-state index in [0.29, 0.717) is 12.1 Å². The third kappa shape index (κ3) is 6.36. The summed E-state index contributed by atoms with van der Waals surface area (Å²) in [5.74, 6) is -4.72. The van der Waals surface area contributed by atoms with Crippen LogP contribution in [0.1, 0.15) is 60.9 Å². The van der Waals surface area contributed by atoms with Gasteiger partial charge in [0, 0.05) is 30.7 Å². The van der Waals surface area contributed by atoms with Crippen LogP contribution >= 0.6 is 0 Å². The molecule has 3 atom stereocenters. The average Bonchev–Trinajstić information content (AvgIpc) is 3.30. The highest BCUT2D eigenvalue weighted by Gasteiger charge is 2.48. The van der Waals surface area contributed by atoms with Crippen LogP contribution in [0.15, 0.2) is 66.7 Å². The van der Waals surface area contributed by atoms with Crippen LogP contribution in [0.3, 0.4) is 0 Å². The number of carbonyl (C=O) groups excluding carboxylic acids is 1. The summed E-state index contributed by atoms with van der Waals surface area (Å²) in [4.78, 5) is 30.2. The number of benzene rings is 3. The molecule has 0 aromatic heterocycles. The average molecular weight is 535 g/mol. The summed E-state index contributed by atoms with van der Waals surface area (Å²) in [6.45, 7) is 6.87. The topological polar surface area (TPSA) is 60.9 Å². The summed E-state index contributed by atoms with van der Waals surface area (Å²) in [7, 11) is 0. The summed E-state index contributed by atoms with van der Waals surface area (Å²) in [5.41, 5.74) is 4.17. The van der Waals surface area contributed by atoms with E-state index < -0.39 is 35.5 Å². The van der Waals surface area contributed by atoms with Crippen molar-refractivity contribution in [1.82, 2.24) is 4.90 Å². The number of rotatable bonds is 10. The SMILES string of the molecule is CCCCN(C(=O)CN1C[C@H](c2ccc(F)c(F)c2)[C@H](C(=O)O)[C@H]1c1ccc(CC)cc1)c1cccc(C)c1. The van der Waals surface area contributed by atoms with Crippen LogP contribution in [0.5, 0.6) is 0 Å². The molecule has 0 radical (unpaired) electrons. The molecule has 1 N–H and O–H groups in total. The second kappa shape index (κ2) is 12.5. The van der Waals surface area contributed by atoms with Crippen molar-refractivity contribution in [2.75, 3.05) is 24.5 Å². The quantitative estimate of drug-likeness (QED) is 0.322. The fourth-order valence-electron chi connectivity index (χ4n) is 5.59. The molecule has 1 amide bonds. The molecule has 1 heterocycles. The fourth-order valence-corrected chi connectivity index (χ4v) is 5.59. The molecule has 206 valence electrons. The van der Waals surface area contributed by atoms with Crippen molar-refractivity contribution in [2.45, 2.75) is 52.0 Å². The van der Waals surface area contributed by atoms with Crippen molar-refractivity contribution in [2.24, 2.45) is 5.92 Å². The van der Waals surface area contributed by atoms with Crippen LogP contribution in [-0.4, -0.2) is 41.5 Å². The van der Waals surface area contributed by atoms with Crippen LogP contribution in [0.4, 0.5) is 14.5 Å². The Balaban J connectivity index is 1.73. The van der Waals surface area contributed by atoms with Gasteiger partial charge in [0.15, 0.2) is 11.6 Å². The van der Waals surface area contributed by atoms with E-state index in [1.54, 1.807) is 4.90 Å². The van der Waals surface area contributed by atoms with Gasteiger partial charge in [0.25, 0.3) is 0 Å². The van der Waals surface area contributed by atoms with Gasteiger partial charge in [-0.2, -0.15) is 0 Å². The van der Waals surface area contributed by atoms with Crippen molar-refractivity contribution in [1.29, 1.82) is 0 Å². The third-order valence-corrected chi connectivity index (χ3v) is 7.67. The summed E-state index contributed by atoms with van der Waals surface area (Å²) < 4.78 is 28.0. The number of aliphatic carboxylic acids is 1. The van der Waals surface area contributed by atoms with E-state index in [9.17, 15) is 23.5 Å². The monoisotopic (exact) mass is 534 g/mol. The second-order valence-corrected chi connectivity index (χ2v) is 10.4. The molecule has 4 rings (SSSR count). The molecule has 0 saturated carbocycles. The number of nitrogens with zero attached hydrogens (tertiary/aromatic N) is 2. The first-order valence-corrected chi connectivity index (χ1v) is 13.6. The lowest BCUT2D eigenvalue weighted by atomic mass is 9.82. The van der Waals surface area contributed by atoms with Crippen LogP contribution in [0.25, 0.3) is 0 Å². The molecule has 1 aliphatic heterocycles. The second-order valence-electron chi connectivity index (χ2n) is 10.4. The predicted octanol–water partition coefficient (Wildman–Crippen LogP) is 6.51. The van der Waals surface area contributed by atoms with Gasteiger partial charge in [-0.3, -0.25) is 14.5 Å². The molecule has 0 unspecified atom stereocenters. The molecular formula is C32H36F2N2O3. The Bertz CT molecular complexity index is 1310. The normalized spacial score (nSPS) is 19.3. The lowest BCUT2D eigenvalue weighted by Crippen LogP contribution is -2.41. The number of unbranched alkanes of at least 4 members (excludes halogenated alkanes) is 1. The Hall–Kier alpha value is -3.58. The number of carboxylic acid groups (broad SMARTS) is 1. The number of amides is 1. The van der Waals surface area contributed by atoms with Gasteiger partial charge < -0.3 is 10.0 Å². The van der Waals surface area contributed by atoms with Crippen molar-refractivity contribution >= 4 is 17.6 Å². The first kappa shape index (κ1) is 28.4. The van der Waals surface area contributed by atoms with Gasteiger partial charge in [0.1, 0.15) is 0 Å². The van der Waals surface area contributed by atoms with E-state index in [0.717, 1.165) is 53.8 Å². The number of anilines is 1. The summed E-state index contributed by atoms with van der Waals surface area (Å²) in [6, 6.07) is 18.5. The lowest BCUT2D eigenvalue weighted by molar-refractivity contribution is -0.143. The smallest absolute Gasteiger partial charge is 0.309 e. The molecule has 3 aromatic rings. The number of carboxylic acids is 1. The fraction of sp³-hybridized carbons (Fsp3) is 0.375. The van der Waals surface area contributed by atoms with Gasteiger partial charge in [-0.05, 0) is 66.3 Å². The summed E-state index contributed by atoms with van der Waals surface area (Å²) in [6.07, 6.45) is 2.59. The Morgan fingerprint density at radius 2 is 1.69 bits per heavy atom. The molecule has 7 heteroatoms. The zero-order valence-electron chi connectivity index (χ0n) is 22.7. The Labute approximate surface area is 229 Å². The first-order valence-electron chi connectivity index (χ1n) is 13.6. The van der Waals surface area contributed by atoms with E-state index in [4.69, 9.17) is 0 Å². The number of hydrogen-bond acceptors (Lipinski definition) is 3. The van der Waals surface area contributed by atoms with Crippen molar-refractivity contribution in [3.05, 3.63) is 101 Å². The molecular weight excluding hydrogens is 498 g/mol. The maximum absolute atomic E-state index is 14.2. The predicted molar refractivity (Wildman–Crippen MR) is 149 cm³/mol. The first-order chi connectivity index (χ1) is 18.7. The molecule has 0 spiro atoms. The van der Waals surface area contributed by atoms with Gasteiger partial charge in [-0.15, -0.1) is 0 Å². The van der Waals surface area contributed by atoms with Crippen molar-refractivity contribution < 1.29 is 23.5 Å². The molecule has 1 aliphatic rings. The largest absolute Gasteiger partial charge is 0.481 e. The number of likely N-dealkylation sites (tertiary alicyclic amines) is 1. The molecule has 0 aliphatic carbocycles. The zero-order valence-corrected chi connectivity index (χ0v) is 22.7. The number of hydrogen-bond donors (Lipinski definition) is 1. The number of aryl methyl sites for hydroxylation is 2. The zero-order chi connectivity index (χ0) is 28.1. The maximum atomic E-state index is 14.2. The Morgan fingerprint density at radius 3 is 2.31 bits per heavy atom. The minimum Gasteiger partial charge on any atom is -0.481 e. The van der Waals surface area contributed by atoms with Gasteiger partial charge in [0.2, 0.25) is 5.91 Å². The third-order valence-electron chi connectivity index (χ3n) is 7.67. The highest BCUT2D eigenvalue weighted by molar-refractivity contribution is 5.95. The number of halogens is 2. The van der Waals surface area contributed by atoms with E-state index >= 15 is 0 Å². The Morgan fingerprint density at radius 1 is 0.974 bits per heavy atom. The van der Waals surface area contributed by atoms with Gasteiger partial charge in [0.05, 0.1) is 12.5 Å². The minimum absolute atomic E-state index is 0.00179. The highest BCUT2D eigenvalue weighted by atomic mass is 19.2. The van der Waals surface area contributed by atoms with E-state index in [-0.39, 0.29) is 19.0 Å². The minimum atomic E-state index is -1.04. The molecule has 3 aromatic carbocycles. The van der Waals surface area contributed by atoms with Crippen LogP contribution < -0.4 is 4.90 Å². The molecule has 0 bridgehead atoms. The summed E-state index contributed by atoms with van der Waals surface area (Å²) in [5, 5.41) is 10.4. The summed E-state index contributed by atoms with van der Waals surface area (Å²) >= 11 is 0. The van der Waals surface area contributed by atoms with Crippen molar-refractivity contribution in [3.63, 3.8) is 0 Å². The molecule has 1 saturated heterocycles. The Kier molecular flexibility index (Phi) is 9.12. The highest BCUT2D eigenvalue weighted by Crippen LogP contribution is 2.46. The van der Waals surface area contributed by atoms with Crippen LogP contribution in [0.2, 0.25) is 0 Å². The molecule has 39 heavy (non-hydrogen) atoms. The van der Waals surface area contributed by atoms with Gasteiger partial charge in [-0.1, -0.05) is 62.7 Å². The standard InChI is InChI=1S/C32H36F2N2O3/c1-4-6-16-36(25-9-7-8-21(3)17-25)29(37)20-35-19-26(24-14-15-27(33)28(34)18-24)30(32(38)39)31(35)23-12-10-22(5-2)11-13-23/h7-15,17-18,26,30-31H,4-6,16,19-20H2,1-3H3,(H,38,39)/t26-,30+,31-/m1/s1. The molecule has 1 fully saturated rings. The van der Waals surface area contributed by atoms with E-state index in [1.807, 2.05) is 67.3 Å². The van der Waals surface area contributed by atoms with Gasteiger partial charge >= 0.3 is 5.97 Å². The maximum Gasteiger partial charge on any atom is 0.309 e.